The summed E-state index contributed by atoms with van der Waals surface area (Å²) in [4.78, 5) is 26.0. The number of carbonyl (C=O) groups excluding carboxylic acids is 2. The quantitative estimate of drug-likeness (QED) is 0.224. The van der Waals surface area contributed by atoms with Crippen molar-refractivity contribution < 1.29 is 14.3 Å². The van der Waals surface area contributed by atoms with Gasteiger partial charge in [0, 0.05) is 53.7 Å². The van der Waals surface area contributed by atoms with Crippen molar-refractivity contribution in [2.75, 3.05) is 19.7 Å². The van der Waals surface area contributed by atoms with E-state index in [0.717, 1.165) is 42.1 Å². The third-order valence-electron chi connectivity index (χ3n) is 6.75. The van der Waals surface area contributed by atoms with Crippen molar-refractivity contribution in [1.82, 2.24) is 15.2 Å². The molecule has 9 heteroatoms. The molecule has 1 aliphatic rings. The van der Waals surface area contributed by atoms with Gasteiger partial charge in [-0.25, -0.2) is 0 Å². The molecule has 0 atom stereocenters. The smallest absolute Gasteiger partial charge is 0.268 e. The lowest BCUT2D eigenvalue weighted by Crippen LogP contribution is -2.41. The Bertz CT molecular complexity index is 1280. The van der Waals surface area contributed by atoms with Gasteiger partial charge in [0.1, 0.15) is 5.69 Å². The summed E-state index contributed by atoms with van der Waals surface area (Å²) >= 11 is 0. The zero-order valence-corrected chi connectivity index (χ0v) is 21.3. The van der Waals surface area contributed by atoms with E-state index in [4.69, 9.17) is 21.6 Å². The van der Waals surface area contributed by atoms with Gasteiger partial charge in [-0.2, -0.15) is 0 Å². The standard InChI is InChI=1S/C28H36N6O3/c1-2-37-26(31)20-7-6-19-15-25(28(36)33-23-10-8-22(30)9-11-23)34(24(19)16-20)17-18-4-3-5-21(14-18)27(35)32-13-12-29/h3-7,14-16,22-23,31H,2,8-13,17,29-30H2,1H3,(H,32,35)(H,33,36). The molecule has 37 heavy (non-hydrogen) atoms. The molecule has 1 aliphatic carbocycles. The molecule has 196 valence electrons. The summed E-state index contributed by atoms with van der Waals surface area (Å²) < 4.78 is 7.35. The number of hydrogen-bond acceptors (Lipinski definition) is 6. The molecule has 1 aromatic heterocycles. The number of rotatable bonds is 9. The molecule has 1 heterocycles. The molecule has 4 rings (SSSR count). The summed E-state index contributed by atoms with van der Waals surface area (Å²) in [6.45, 7) is 3.38. The first-order valence-corrected chi connectivity index (χ1v) is 12.9. The SMILES string of the molecule is CCOC(=N)c1ccc2cc(C(=O)NC3CCC(N)CC3)n(Cc3cccc(C(=O)NCCN)c3)c2c1. The maximum atomic E-state index is 13.5. The molecule has 0 unspecified atom stereocenters. The van der Waals surface area contributed by atoms with Gasteiger partial charge in [0.2, 0.25) is 5.90 Å². The zero-order chi connectivity index (χ0) is 26.4. The number of carbonyl (C=O) groups is 2. The number of nitrogens with two attached hydrogens (primary N) is 2. The van der Waals surface area contributed by atoms with E-state index in [1.54, 1.807) is 6.07 Å². The Morgan fingerprint density at radius 1 is 1.05 bits per heavy atom. The van der Waals surface area contributed by atoms with Gasteiger partial charge in [-0.05, 0) is 68.5 Å². The Kier molecular flexibility index (Phi) is 8.58. The number of fused-ring (bicyclic) bond motifs is 1. The van der Waals surface area contributed by atoms with Gasteiger partial charge >= 0.3 is 0 Å². The molecular weight excluding hydrogens is 468 g/mol. The Balaban J connectivity index is 1.69. The van der Waals surface area contributed by atoms with Gasteiger partial charge in [-0.15, -0.1) is 0 Å². The van der Waals surface area contributed by atoms with E-state index in [9.17, 15) is 9.59 Å². The first kappa shape index (κ1) is 26.4. The average Bonchev–Trinajstić information content (AvgIpc) is 3.26. The molecule has 9 nitrogen and oxygen atoms in total. The minimum absolute atomic E-state index is 0.0836. The van der Waals surface area contributed by atoms with E-state index in [2.05, 4.69) is 10.6 Å². The lowest BCUT2D eigenvalue weighted by Gasteiger charge is -2.27. The summed E-state index contributed by atoms with van der Waals surface area (Å²) in [6.07, 6.45) is 3.53. The number of ether oxygens (including phenoxy) is 1. The van der Waals surface area contributed by atoms with E-state index >= 15 is 0 Å². The van der Waals surface area contributed by atoms with Gasteiger partial charge in [0.25, 0.3) is 11.8 Å². The minimum atomic E-state index is -0.189. The summed E-state index contributed by atoms with van der Waals surface area (Å²) in [5.74, 6) is -0.249. The van der Waals surface area contributed by atoms with Crippen molar-refractivity contribution >= 4 is 28.6 Å². The van der Waals surface area contributed by atoms with Crippen LogP contribution in [0.1, 0.15) is 64.6 Å². The maximum absolute atomic E-state index is 13.5. The van der Waals surface area contributed by atoms with E-state index in [1.165, 1.54) is 0 Å². The molecule has 7 N–H and O–H groups in total. The van der Waals surface area contributed by atoms with Gasteiger partial charge in [0.05, 0.1) is 6.61 Å². The molecule has 2 amide bonds. The molecule has 0 bridgehead atoms. The van der Waals surface area contributed by atoms with Crippen molar-refractivity contribution in [3.05, 3.63) is 70.9 Å². The second-order valence-corrected chi connectivity index (χ2v) is 9.48. The van der Waals surface area contributed by atoms with Gasteiger partial charge in [0.15, 0.2) is 0 Å². The molecule has 0 radical (unpaired) electrons. The molecule has 0 aliphatic heterocycles. The van der Waals surface area contributed by atoms with Crippen molar-refractivity contribution in [3.63, 3.8) is 0 Å². The highest BCUT2D eigenvalue weighted by Crippen LogP contribution is 2.25. The van der Waals surface area contributed by atoms with E-state index in [-0.39, 0.29) is 29.8 Å². The topological polar surface area (TPSA) is 148 Å². The summed E-state index contributed by atoms with van der Waals surface area (Å²) in [5, 5.41) is 15.1. The van der Waals surface area contributed by atoms with E-state index in [0.29, 0.717) is 43.1 Å². The van der Waals surface area contributed by atoms with E-state index in [1.807, 2.05) is 54.0 Å². The average molecular weight is 505 g/mol. The lowest BCUT2D eigenvalue weighted by atomic mass is 9.92. The van der Waals surface area contributed by atoms with Crippen LogP contribution in [-0.4, -0.2) is 54.1 Å². The monoisotopic (exact) mass is 504 g/mol. The van der Waals surface area contributed by atoms with Gasteiger partial charge in [-0.3, -0.25) is 15.0 Å². The highest BCUT2D eigenvalue weighted by molar-refractivity contribution is 6.01. The van der Waals surface area contributed by atoms with Crippen LogP contribution in [0.25, 0.3) is 10.9 Å². The first-order valence-electron chi connectivity index (χ1n) is 12.9. The second-order valence-electron chi connectivity index (χ2n) is 9.48. The summed E-state index contributed by atoms with van der Waals surface area (Å²) in [5.41, 5.74) is 14.9. The lowest BCUT2D eigenvalue weighted by molar-refractivity contribution is 0.0915. The van der Waals surface area contributed by atoms with Crippen LogP contribution in [0.15, 0.2) is 48.5 Å². The Morgan fingerprint density at radius 2 is 1.84 bits per heavy atom. The van der Waals surface area contributed by atoms with Crippen LogP contribution in [0.5, 0.6) is 0 Å². The third-order valence-corrected chi connectivity index (χ3v) is 6.75. The highest BCUT2D eigenvalue weighted by atomic mass is 16.5. The van der Waals surface area contributed by atoms with Crippen molar-refractivity contribution in [2.45, 2.75) is 51.2 Å². The van der Waals surface area contributed by atoms with E-state index < -0.39 is 0 Å². The summed E-state index contributed by atoms with van der Waals surface area (Å²) in [6, 6.07) is 15.1. The fourth-order valence-electron chi connectivity index (χ4n) is 4.79. The minimum Gasteiger partial charge on any atom is -0.478 e. The Morgan fingerprint density at radius 3 is 2.57 bits per heavy atom. The van der Waals surface area contributed by atoms with Crippen molar-refractivity contribution in [3.8, 4) is 0 Å². The van der Waals surface area contributed by atoms with Crippen LogP contribution < -0.4 is 22.1 Å². The third kappa shape index (κ3) is 6.36. The molecule has 1 saturated carbocycles. The fraction of sp³-hybridized carbons (Fsp3) is 0.393. The Labute approximate surface area is 217 Å². The van der Waals surface area contributed by atoms with Crippen LogP contribution in [-0.2, 0) is 11.3 Å². The molecule has 0 spiro atoms. The zero-order valence-electron chi connectivity index (χ0n) is 21.3. The number of hydrogen-bond donors (Lipinski definition) is 5. The molecule has 0 saturated heterocycles. The highest BCUT2D eigenvalue weighted by Gasteiger charge is 2.23. The number of nitrogens with one attached hydrogen (secondary N) is 3. The maximum Gasteiger partial charge on any atom is 0.268 e. The summed E-state index contributed by atoms with van der Waals surface area (Å²) in [7, 11) is 0. The predicted molar refractivity (Wildman–Crippen MR) is 145 cm³/mol. The number of aromatic nitrogens is 1. The largest absolute Gasteiger partial charge is 0.478 e. The molecule has 2 aromatic carbocycles. The first-order chi connectivity index (χ1) is 17.9. The molecular formula is C28H36N6O3. The number of amides is 2. The second kappa shape index (κ2) is 12.0. The van der Waals surface area contributed by atoms with Crippen molar-refractivity contribution in [2.24, 2.45) is 11.5 Å². The Hall–Kier alpha value is -3.69. The van der Waals surface area contributed by atoms with Crippen LogP contribution >= 0.6 is 0 Å². The molecule has 3 aromatic rings. The number of nitrogens with zero attached hydrogens (tertiary/aromatic N) is 1. The fourth-order valence-corrected chi connectivity index (χ4v) is 4.79. The van der Waals surface area contributed by atoms with Gasteiger partial charge in [-0.1, -0.05) is 18.2 Å². The number of benzene rings is 2. The normalized spacial score (nSPS) is 17.4. The van der Waals surface area contributed by atoms with Gasteiger partial charge < -0.3 is 31.4 Å². The van der Waals surface area contributed by atoms with Crippen LogP contribution in [0.2, 0.25) is 0 Å². The van der Waals surface area contributed by atoms with Crippen LogP contribution in [0.4, 0.5) is 0 Å². The molecule has 1 fully saturated rings. The van der Waals surface area contributed by atoms with Crippen LogP contribution in [0, 0.1) is 5.41 Å². The predicted octanol–water partition coefficient (Wildman–Crippen LogP) is 2.74. The van der Waals surface area contributed by atoms with Crippen molar-refractivity contribution in [1.29, 1.82) is 5.41 Å². The van der Waals surface area contributed by atoms with Crippen LogP contribution in [0.3, 0.4) is 0 Å².